The SMILES string of the molecule is C=CCn1c(N/N=C\c2cc(Br)ccc2OC)nc2c1c(=O)n(C)c(=O)n2C. The van der Waals surface area contributed by atoms with Crippen LogP contribution in [0.2, 0.25) is 0 Å². The molecule has 28 heavy (non-hydrogen) atoms. The number of benzene rings is 1. The van der Waals surface area contributed by atoms with Crippen molar-refractivity contribution < 1.29 is 4.74 Å². The highest BCUT2D eigenvalue weighted by Crippen LogP contribution is 2.21. The van der Waals surface area contributed by atoms with E-state index >= 15 is 0 Å². The van der Waals surface area contributed by atoms with Crippen molar-refractivity contribution in [3.8, 4) is 5.75 Å². The van der Waals surface area contributed by atoms with E-state index in [1.54, 1.807) is 31.0 Å². The fourth-order valence-corrected chi connectivity index (χ4v) is 3.18. The van der Waals surface area contributed by atoms with Crippen molar-refractivity contribution >= 4 is 39.3 Å². The zero-order chi connectivity index (χ0) is 20.4. The zero-order valence-electron chi connectivity index (χ0n) is 15.6. The molecule has 0 amide bonds. The van der Waals surface area contributed by atoms with E-state index in [2.05, 4.69) is 38.0 Å². The van der Waals surface area contributed by atoms with E-state index < -0.39 is 11.2 Å². The van der Waals surface area contributed by atoms with Gasteiger partial charge in [-0.05, 0) is 18.2 Å². The Morgan fingerprint density at radius 1 is 1.32 bits per heavy atom. The third-order valence-electron chi connectivity index (χ3n) is 4.22. The van der Waals surface area contributed by atoms with Crippen molar-refractivity contribution in [2.24, 2.45) is 19.2 Å². The van der Waals surface area contributed by atoms with Crippen molar-refractivity contribution in [3.05, 3.63) is 61.7 Å². The number of fused-ring (bicyclic) bond motifs is 1. The van der Waals surface area contributed by atoms with Crippen LogP contribution in [0, 0.1) is 0 Å². The molecular weight excluding hydrogens is 428 g/mol. The van der Waals surface area contributed by atoms with Gasteiger partial charge in [0.15, 0.2) is 11.2 Å². The molecule has 0 saturated carbocycles. The first-order valence-electron chi connectivity index (χ1n) is 8.28. The molecule has 0 radical (unpaired) electrons. The Morgan fingerprint density at radius 2 is 2.07 bits per heavy atom. The van der Waals surface area contributed by atoms with Crippen molar-refractivity contribution in [3.63, 3.8) is 0 Å². The average Bonchev–Trinajstić information content (AvgIpc) is 3.04. The van der Waals surface area contributed by atoms with E-state index in [1.807, 2.05) is 18.2 Å². The first-order chi connectivity index (χ1) is 13.4. The van der Waals surface area contributed by atoms with Gasteiger partial charge in [-0.15, -0.1) is 6.58 Å². The normalized spacial score (nSPS) is 11.3. The lowest BCUT2D eigenvalue weighted by atomic mass is 10.2. The number of rotatable bonds is 6. The molecule has 1 aromatic carbocycles. The molecule has 0 aliphatic carbocycles. The molecule has 1 N–H and O–H groups in total. The van der Waals surface area contributed by atoms with Gasteiger partial charge in [0.2, 0.25) is 5.95 Å². The van der Waals surface area contributed by atoms with Crippen LogP contribution in [0.1, 0.15) is 5.56 Å². The summed E-state index contributed by atoms with van der Waals surface area (Å²) in [6.07, 6.45) is 3.22. The molecular formula is C18H19BrN6O3. The third kappa shape index (κ3) is 3.38. The van der Waals surface area contributed by atoms with Crippen LogP contribution in [0.25, 0.3) is 11.2 Å². The Bertz CT molecular complexity index is 1200. The summed E-state index contributed by atoms with van der Waals surface area (Å²) in [5, 5.41) is 4.21. The van der Waals surface area contributed by atoms with Gasteiger partial charge in [0.1, 0.15) is 5.75 Å². The van der Waals surface area contributed by atoms with Gasteiger partial charge < -0.3 is 4.74 Å². The monoisotopic (exact) mass is 446 g/mol. The minimum atomic E-state index is -0.449. The Hall–Kier alpha value is -3.14. The van der Waals surface area contributed by atoms with Gasteiger partial charge in [-0.3, -0.25) is 18.5 Å². The molecule has 0 saturated heterocycles. The van der Waals surface area contributed by atoms with Gasteiger partial charge >= 0.3 is 5.69 Å². The van der Waals surface area contributed by atoms with Gasteiger partial charge in [-0.25, -0.2) is 10.2 Å². The second-order valence-electron chi connectivity index (χ2n) is 5.97. The largest absolute Gasteiger partial charge is 0.496 e. The van der Waals surface area contributed by atoms with E-state index in [9.17, 15) is 9.59 Å². The molecule has 146 valence electrons. The first-order valence-corrected chi connectivity index (χ1v) is 9.08. The highest BCUT2D eigenvalue weighted by atomic mass is 79.9. The van der Waals surface area contributed by atoms with Gasteiger partial charge in [0.05, 0.1) is 13.3 Å². The Balaban J connectivity index is 2.08. The summed E-state index contributed by atoms with van der Waals surface area (Å²) in [4.78, 5) is 29.1. The van der Waals surface area contributed by atoms with Crippen LogP contribution in [-0.4, -0.2) is 32.0 Å². The Labute approximate surface area is 168 Å². The molecule has 3 aromatic rings. The quantitative estimate of drug-likeness (QED) is 0.354. The molecule has 0 atom stereocenters. The van der Waals surface area contributed by atoms with Crippen LogP contribution < -0.4 is 21.4 Å². The van der Waals surface area contributed by atoms with Crippen LogP contribution in [0.4, 0.5) is 5.95 Å². The van der Waals surface area contributed by atoms with E-state index in [-0.39, 0.29) is 5.65 Å². The number of hydrogen-bond acceptors (Lipinski definition) is 6. The first kappa shape index (κ1) is 19.6. The van der Waals surface area contributed by atoms with Crippen LogP contribution >= 0.6 is 15.9 Å². The number of halogens is 1. The number of anilines is 1. The number of ether oxygens (including phenoxy) is 1. The summed E-state index contributed by atoms with van der Waals surface area (Å²) in [5.74, 6) is 0.975. The Morgan fingerprint density at radius 3 is 2.75 bits per heavy atom. The van der Waals surface area contributed by atoms with Gasteiger partial charge in [0, 0.05) is 30.7 Å². The predicted octanol–water partition coefficient (Wildman–Crippen LogP) is 1.84. The highest BCUT2D eigenvalue weighted by molar-refractivity contribution is 9.10. The van der Waals surface area contributed by atoms with E-state index in [1.165, 1.54) is 11.6 Å². The number of nitrogens with zero attached hydrogens (tertiary/aromatic N) is 5. The standard InChI is InChI=1S/C18H19BrN6O3/c1-5-8-25-14-15(23(2)18(27)24(3)16(14)26)21-17(25)22-20-10-11-9-12(19)6-7-13(11)28-4/h5-7,9-10H,1,8H2,2-4H3,(H,21,22)/b20-10-. The van der Waals surface area contributed by atoms with Crippen molar-refractivity contribution in [2.45, 2.75) is 6.54 Å². The highest BCUT2D eigenvalue weighted by Gasteiger charge is 2.18. The maximum atomic E-state index is 12.6. The van der Waals surface area contributed by atoms with Crippen LogP contribution in [0.5, 0.6) is 5.75 Å². The van der Waals surface area contributed by atoms with Crippen LogP contribution in [0.3, 0.4) is 0 Å². The Kier molecular flexibility index (Phi) is 5.50. The summed E-state index contributed by atoms with van der Waals surface area (Å²) in [7, 11) is 4.57. The lowest BCUT2D eigenvalue weighted by Crippen LogP contribution is -2.37. The van der Waals surface area contributed by atoms with E-state index in [0.29, 0.717) is 23.8 Å². The number of nitrogens with one attached hydrogen (secondary N) is 1. The molecule has 2 aromatic heterocycles. The average molecular weight is 447 g/mol. The molecule has 0 spiro atoms. The molecule has 0 aliphatic rings. The van der Waals surface area contributed by atoms with E-state index in [4.69, 9.17) is 4.74 Å². The number of methoxy groups -OCH3 is 1. The lowest BCUT2D eigenvalue weighted by molar-refractivity contribution is 0.414. The fourth-order valence-electron chi connectivity index (χ4n) is 2.80. The second kappa shape index (κ2) is 7.85. The molecule has 3 rings (SSSR count). The molecule has 10 heteroatoms. The number of imidazole rings is 1. The summed E-state index contributed by atoms with van der Waals surface area (Å²) >= 11 is 3.41. The smallest absolute Gasteiger partial charge is 0.332 e. The molecule has 0 bridgehead atoms. The molecule has 0 unspecified atom stereocenters. The van der Waals surface area contributed by atoms with Crippen molar-refractivity contribution in [2.75, 3.05) is 12.5 Å². The maximum Gasteiger partial charge on any atom is 0.332 e. The summed E-state index contributed by atoms with van der Waals surface area (Å²) in [5.41, 5.74) is 3.27. The predicted molar refractivity (Wildman–Crippen MR) is 112 cm³/mol. The number of aryl methyl sites for hydroxylation is 1. The maximum absolute atomic E-state index is 12.6. The molecule has 0 aliphatic heterocycles. The summed E-state index contributed by atoms with van der Waals surface area (Å²) in [6, 6.07) is 5.54. The van der Waals surface area contributed by atoms with E-state index in [0.717, 1.165) is 14.6 Å². The number of hydrazone groups is 1. The fraction of sp³-hybridized carbons (Fsp3) is 0.222. The van der Waals surface area contributed by atoms with Crippen LogP contribution in [0.15, 0.2) is 50.0 Å². The summed E-state index contributed by atoms with van der Waals surface area (Å²) < 4.78 is 10.2. The minimum absolute atomic E-state index is 0.271. The number of aromatic nitrogens is 4. The van der Waals surface area contributed by atoms with Crippen molar-refractivity contribution in [1.29, 1.82) is 0 Å². The molecule has 0 fully saturated rings. The second-order valence-corrected chi connectivity index (χ2v) is 6.88. The summed E-state index contributed by atoms with van der Waals surface area (Å²) in [6.45, 7) is 4.04. The van der Waals surface area contributed by atoms with Crippen LogP contribution in [-0.2, 0) is 20.6 Å². The van der Waals surface area contributed by atoms with Gasteiger partial charge in [0.25, 0.3) is 5.56 Å². The molecule has 9 nitrogen and oxygen atoms in total. The zero-order valence-corrected chi connectivity index (χ0v) is 17.2. The molecule has 2 heterocycles. The topological polar surface area (TPSA) is 95.4 Å². The van der Waals surface area contributed by atoms with Gasteiger partial charge in [-0.2, -0.15) is 10.1 Å². The van der Waals surface area contributed by atoms with Crippen molar-refractivity contribution in [1.82, 2.24) is 18.7 Å². The lowest BCUT2D eigenvalue weighted by Gasteiger charge is -2.07. The number of allylic oxidation sites excluding steroid dienone is 1. The number of hydrogen-bond donors (Lipinski definition) is 1. The minimum Gasteiger partial charge on any atom is -0.496 e. The third-order valence-corrected chi connectivity index (χ3v) is 4.71. The van der Waals surface area contributed by atoms with Gasteiger partial charge in [-0.1, -0.05) is 22.0 Å².